The first-order valence-corrected chi connectivity index (χ1v) is 6.03. The molecule has 0 spiro atoms. The molecule has 3 nitrogen and oxygen atoms in total. The molecular formula is C14H16O3. The Morgan fingerprint density at radius 1 is 1.41 bits per heavy atom. The molecule has 0 radical (unpaired) electrons. The van der Waals surface area contributed by atoms with Crippen LogP contribution in [0.5, 0.6) is 0 Å². The zero-order valence-corrected chi connectivity index (χ0v) is 9.80. The number of aliphatic hydroxyl groups is 1. The van der Waals surface area contributed by atoms with Gasteiger partial charge < -0.3 is 13.9 Å². The van der Waals surface area contributed by atoms with Gasteiger partial charge in [0.1, 0.15) is 17.6 Å². The third-order valence-electron chi connectivity index (χ3n) is 3.46. The van der Waals surface area contributed by atoms with Crippen LogP contribution >= 0.6 is 0 Å². The fourth-order valence-electron chi connectivity index (χ4n) is 2.20. The lowest BCUT2D eigenvalue weighted by molar-refractivity contribution is 0.148. The van der Waals surface area contributed by atoms with Crippen LogP contribution in [0.1, 0.15) is 42.5 Å². The van der Waals surface area contributed by atoms with Crippen LogP contribution in [0.4, 0.5) is 0 Å². The van der Waals surface area contributed by atoms with Crippen molar-refractivity contribution in [2.75, 3.05) is 0 Å². The molecule has 1 fully saturated rings. The summed E-state index contributed by atoms with van der Waals surface area (Å²) in [5.74, 6) is 2.95. The van der Waals surface area contributed by atoms with Gasteiger partial charge in [-0.1, -0.05) is 6.92 Å². The van der Waals surface area contributed by atoms with Gasteiger partial charge in [-0.3, -0.25) is 0 Å². The Hall–Kier alpha value is -1.48. The van der Waals surface area contributed by atoms with Crippen molar-refractivity contribution in [3.63, 3.8) is 0 Å². The molecule has 2 heterocycles. The molecule has 0 aliphatic heterocycles. The van der Waals surface area contributed by atoms with E-state index >= 15 is 0 Å². The molecule has 3 rings (SSSR count). The van der Waals surface area contributed by atoms with Crippen molar-refractivity contribution >= 4 is 0 Å². The summed E-state index contributed by atoms with van der Waals surface area (Å²) >= 11 is 0. The number of hydrogen-bond donors (Lipinski definition) is 1. The van der Waals surface area contributed by atoms with Gasteiger partial charge in [0.25, 0.3) is 0 Å². The largest absolute Gasteiger partial charge is 0.472 e. The van der Waals surface area contributed by atoms with Crippen LogP contribution in [0, 0.1) is 5.92 Å². The molecule has 0 aromatic carbocycles. The highest BCUT2D eigenvalue weighted by atomic mass is 16.4. The van der Waals surface area contributed by atoms with E-state index in [1.54, 1.807) is 12.5 Å². The number of hydrogen-bond acceptors (Lipinski definition) is 3. The van der Waals surface area contributed by atoms with E-state index in [4.69, 9.17) is 8.83 Å². The predicted molar refractivity (Wildman–Crippen MR) is 62.6 cm³/mol. The normalized spacial score (nSPS) is 24.8. The van der Waals surface area contributed by atoms with Crippen molar-refractivity contribution in [2.24, 2.45) is 5.92 Å². The molecule has 0 saturated heterocycles. The Labute approximate surface area is 100 Å². The molecule has 3 unspecified atom stereocenters. The van der Waals surface area contributed by atoms with Crippen LogP contribution in [0.25, 0.3) is 0 Å². The maximum absolute atomic E-state index is 10.0. The zero-order chi connectivity index (χ0) is 11.8. The lowest BCUT2D eigenvalue weighted by Gasteiger charge is -2.05. The van der Waals surface area contributed by atoms with Crippen molar-refractivity contribution in [2.45, 2.75) is 31.8 Å². The average molecular weight is 232 g/mol. The Morgan fingerprint density at radius 3 is 2.88 bits per heavy atom. The second kappa shape index (κ2) is 4.08. The van der Waals surface area contributed by atoms with E-state index in [0.29, 0.717) is 18.1 Å². The van der Waals surface area contributed by atoms with Crippen molar-refractivity contribution in [3.05, 3.63) is 47.8 Å². The van der Waals surface area contributed by atoms with E-state index in [2.05, 4.69) is 6.92 Å². The first-order valence-electron chi connectivity index (χ1n) is 6.03. The van der Waals surface area contributed by atoms with Crippen LogP contribution in [0.3, 0.4) is 0 Å². The zero-order valence-electron chi connectivity index (χ0n) is 9.80. The van der Waals surface area contributed by atoms with E-state index in [1.165, 1.54) is 6.42 Å². The minimum atomic E-state index is -0.588. The number of aliphatic hydroxyl groups excluding tert-OH is 1. The molecular weight excluding hydrogens is 216 g/mol. The molecule has 0 bridgehead atoms. The molecule has 1 aliphatic rings. The highest BCUT2D eigenvalue weighted by molar-refractivity contribution is 5.20. The minimum Gasteiger partial charge on any atom is -0.472 e. The lowest BCUT2D eigenvalue weighted by Crippen LogP contribution is -1.99. The standard InChI is InChI=1S/C14H16O3/c1-9-6-11(9)13-2-3-14(17-13)12(15)7-10-4-5-16-8-10/h2-5,8-9,11-12,15H,6-7H2,1H3. The fourth-order valence-corrected chi connectivity index (χ4v) is 2.20. The van der Waals surface area contributed by atoms with Crippen LogP contribution in [0.15, 0.2) is 39.6 Å². The maximum atomic E-state index is 10.0. The second-order valence-corrected chi connectivity index (χ2v) is 4.91. The number of furan rings is 2. The molecule has 3 heteroatoms. The molecule has 3 atom stereocenters. The summed E-state index contributed by atoms with van der Waals surface area (Å²) in [6.07, 6.45) is 4.40. The summed E-state index contributed by atoms with van der Waals surface area (Å²) in [6.45, 7) is 2.22. The summed E-state index contributed by atoms with van der Waals surface area (Å²) in [5.41, 5.74) is 0.982. The highest BCUT2D eigenvalue weighted by Gasteiger charge is 2.36. The minimum absolute atomic E-state index is 0.531. The van der Waals surface area contributed by atoms with E-state index in [-0.39, 0.29) is 0 Å². The van der Waals surface area contributed by atoms with Crippen LogP contribution in [0.2, 0.25) is 0 Å². The summed E-state index contributed by atoms with van der Waals surface area (Å²) < 4.78 is 10.7. The van der Waals surface area contributed by atoms with Crippen molar-refractivity contribution < 1.29 is 13.9 Å². The van der Waals surface area contributed by atoms with Gasteiger partial charge in [0.05, 0.1) is 12.5 Å². The Balaban J connectivity index is 1.69. The summed E-state index contributed by atoms with van der Waals surface area (Å²) in [7, 11) is 0. The predicted octanol–water partition coefficient (Wildman–Crippen LogP) is 3.27. The van der Waals surface area contributed by atoms with Crippen molar-refractivity contribution in [1.82, 2.24) is 0 Å². The molecule has 1 N–H and O–H groups in total. The Bertz CT molecular complexity index is 483. The maximum Gasteiger partial charge on any atom is 0.133 e. The van der Waals surface area contributed by atoms with Crippen molar-refractivity contribution in [1.29, 1.82) is 0 Å². The van der Waals surface area contributed by atoms with E-state index in [0.717, 1.165) is 17.2 Å². The smallest absolute Gasteiger partial charge is 0.133 e. The van der Waals surface area contributed by atoms with Gasteiger partial charge in [-0.15, -0.1) is 0 Å². The van der Waals surface area contributed by atoms with Crippen LogP contribution in [-0.2, 0) is 6.42 Å². The lowest BCUT2D eigenvalue weighted by atomic mass is 10.1. The van der Waals surface area contributed by atoms with Gasteiger partial charge in [0.2, 0.25) is 0 Å². The summed E-state index contributed by atoms with van der Waals surface area (Å²) in [5, 5.41) is 10.0. The highest BCUT2D eigenvalue weighted by Crippen LogP contribution is 2.47. The molecule has 1 saturated carbocycles. The molecule has 17 heavy (non-hydrogen) atoms. The van der Waals surface area contributed by atoms with Gasteiger partial charge in [-0.25, -0.2) is 0 Å². The molecule has 1 aliphatic carbocycles. The molecule has 0 amide bonds. The quantitative estimate of drug-likeness (QED) is 0.880. The first-order chi connectivity index (χ1) is 8.24. The third kappa shape index (κ3) is 2.15. The Kier molecular flexibility index (Phi) is 2.56. The van der Waals surface area contributed by atoms with Gasteiger partial charge in [-0.05, 0) is 36.1 Å². The second-order valence-electron chi connectivity index (χ2n) is 4.91. The van der Waals surface area contributed by atoms with Gasteiger partial charge >= 0.3 is 0 Å². The monoisotopic (exact) mass is 232 g/mol. The third-order valence-corrected chi connectivity index (χ3v) is 3.46. The van der Waals surface area contributed by atoms with Crippen LogP contribution in [-0.4, -0.2) is 5.11 Å². The fraction of sp³-hybridized carbons (Fsp3) is 0.429. The molecule has 90 valence electrons. The first kappa shape index (κ1) is 10.7. The SMILES string of the molecule is CC1CC1c1ccc(C(O)Cc2ccoc2)o1. The van der Waals surface area contributed by atoms with E-state index in [9.17, 15) is 5.11 Å². The molecule has 2 aromatic rings. The van der Waals surface area contributed by atoms with Crippen molar-refractivity contribution in [3.8, 4) is 0 Å². The number of rotatable bonds is 4. The van der Waals surface area contributed by atoms with Crippen LogP contribution < -0.4 is 0 Å². The van der Waals surface area contributed by atoms with Gasteiger partial charge in [0, 0.05) is 12.3 Å². The van der Waals surface area contributed by atoms with Gasteiger partial charge in [-0.2, -0.15) is 0 Å². The average Bonchev–Trinajstić information content (AvgIpc) is 2.79. The summed E-state index contributed by atoms with van der Waals surface area (Å²) in [6, 6.07) is 5.73. The Morgan fingerprint density at radius 2 is 2.24 bits per heavy atom. The van der Waals surface area contributed by atoms with E-state index in [1.807, 2.05) is 18.2 Å². The van der Waals surface area contributed by atoms with E-state index < -0.39 is 6.10 Å². The molecule has 2 aromatic heterocycles. The van der Waals surface area contributed by atoms with Gasteiger partial charge in [0.15, 0.2) is 0 Å². The topological polar surface area (TPSA) is 46.5 Å². The summed E-state index contributed by atoms with van der Waals surface area (Å²) in [4.78, 5) is 0.